The number of nitrogens with zero attached hydrogens (tertiary/aromatic N) is 1. The van der Waals surface area contributed by atoms with E-state index in [0.29, 0.717) is 25.9 Å². The largest absolute Gasteiger partial charge is 0.496 e. The van der Waals surface area contributed by atoms with Gasteiger partial charge in [0.25, 0.3) is 5.91 Å². The molecule has 0 aliphatic carbocycles. The van der Waals surface area contributed by atoms with E-state index in [0.717, 1.165) is 24.2 Å². The molecule has 2 aliphatic rings. The molecule has 23 heavy (non-hydrogen) atoms. The molecule has 2 atom stereocenters. The number of hydrogen-bond acceptors (Lipinski definition) is 4. The maximum atomic E-state index is 12.6. The van der Waals surface area contributed by atoms with Gasteiger partial charge in [-0.05, 0) is 42.9 Å². The normalized spacial score (nSPS) is 24.0. The third kappa shape index (κ3) is 3.17. The predicted molar refractivity (Wildman–Crippen MR) is 82.5 cm³/mol. The van der Waals surface area contributed by atoms with E-state index < -0.39 is 18.2 Å². The van der Waals surface area contributed by atoms with Gasteiger partial charge in [0.05, 0.1) is 7.11 Å². The number of ether oxygens (including phenoxy) is 2. The van der Waals surface area contributed by atoms with Crippen molar-refractivity contribution >= 4 is 11.9 Å². The fourth-order valence-corrected chi connectivity index (χ4v) is 3.36. The highest BCUT2D eigenvalue weighted by atomic mass is 16.5. The molecule has 1 amide bonds. The molecule has 0 bridgehead atoms. The van der Waals surface area contributed by atoms with Crippen molar-refractivity contribution in [2.45, 2.75) is 37.9 Å². The van der Waals surface area contributed by atoms with Crippen LogP contribution < -0.4 is 4.74 Å². The molecule has 2 aliphatic heterocycles. The fourth-order valence-electron chi connectivity index (χ4n) is 3.36. The minimum atomic E-state index is -0.992. The number of carboxylic acid groups (broad SMARTS) is 1. The summed E-state index contributed by atoms with van der Waals surface area (Å²) in [5, 5.41) is 8.98. The average molecular weight is 319 g/mol. The minimum absolute atomic E-state index is 0.0967. The standard InChI is InChI=1S/C17H21NO5/c1-22-13-4-2-3-11-7-9-18(10-8-12(11)13)16(19)14-5-6-15(23-14)17(20)21/h2-4,14-15H,5-10H2,1H3,(H,20,21)/t14-,15+/m0/s1. The van der Waals surface area contributed by atoms with Crippen LogP contribution in [0.15, 0.2) is 18.2 Å². The number of rotatable bonds is 3. The van der Waals surface area contributed by atoms with Crippen molar-refractivity contribution in [2.75, 3.05) is 20.2 Å². The molecule has 1 aromatic rings. The van der Waals surface area contributed by atoms with Gasteiger partial charge >= 0.3 is 5.97 Å². The third-order valence-corrected chi connectivity index (χ3v) is 4.61. The number of amides is 1. The summed E-state index contributed by atoms with van der Waals surface area (Å²) in [7, 11) is 1.65. The quantitative estimate of drug-likeness (QED) is 0.907. The highest BCUT2D eigenvalue weighted by Crippen LogP contribution is 2.27. The number of carbonyl (C=O) groups is 2. The molecule has 0 radical (unpaired) electrons. The molecular weight excluding hydrogens is 298 g/mol. The van der Waals surface area contributed by atoms with E-state index in [4.69, 9.17) is 14.6 Å². The monoisotopic (exact) mass is 319 g/mol. The summed E-state index contributed by atoms with van der Waals surface area (Å²) < 4.78 is 10.8. The lowest BCUT2D eigenvalue weighted by Gasteiger charge is -2.23. The zero-order valence-corrected chi connectivity index (χ0v) is 13.2. The number of methoxy groups -OCH3 is 1. The van der Waals surface area contributed by atoms with Crippen LogP contribution >= 0.6 is 0 Å². The molecular formula is C17H21NO5. The maximum absolute atomic E-state index is 12.6. The van der Waals surface area contributed by atoms with Crippen molar-refractivity contribution in [2.24, 2.45) is 0 Å². The van der Waals surface area contributed by atoms with E-state index in [1.54, 1.807) is 12.0 Å². The Kier molecular flexibility index (Phi) is 4.52. The first-order valence-electron chi connectivity index (χ1n) is 7.92. The molecule has 1 N–H and O–H groups in total. The Balaban J connectivity index is 1.68. The van der Waals surface area contributed by atoms with Crippen molar-refractivity contribution in [3.63, 3.8) is 0 Å². The van der Waals surface area contributed by atoms with Crippen molar-refractivity contribution < 1.29 is 24.2 Å². The summed E-state index contributed by atoms with van der Waals surface area (Å²) in [5.74, 6) is -0.228. The lowest BCUT2D eigenvalue weighted by atomic mass is 10.0. The van der Waals surface area contributed by atoms with Gasteiger partial charge in [0.15, 0.2) is 6.10 Å². The highest BCUT2D eigenvalue weighted by Gasteiger charge is 2.37. The van der Waals surface area contributed by atoms with Crippen LogP contribution in [0, 0.1) is 0 Å². The average Bonchev–Trinajstić information content (AvgIpc) is 2.95. The van der Waals surface area contributed by atoms with Crippen LogP contribution in [-0.2, 0) is 27.2 Å². The molecule has 1 saturated heterocycles. The molecule has 0 aromatic heterocycles. The summed E-state index contributed by atoms with van der Waals surface area (Å²) in [4.78, 5) is 25.3. The van der Waals surface area contributed by atoms with Gasteiger partial charge in [-0.3, -0.25) is 4.79 Å². The van der Waals surface area contributed by atoms with E-state index >= 15 is 0 Å². The Bertz CT molecular complexity index is 615. The predicted octanol–water partition coefficient (Wildman–Crippen LogP) is 1.25. The second kappa shape index (κ2) is 6.58. The van der Waals surface area contributed by atoms with Crippen molar-refractivity contribution in [1.29, 1.82) is 0 Å². The minimum Gasteiger partial charge on any atom is -0.496 e. The Morgan fingerprint density at radius 3 is 2.65 bits per heavy atom. The van der Waals surface area contributed by atoms with Gasteiger partial charge in [0.1, 0.15) is 11.9 Å². The Morgan fingerprint density at radius 2 is 1.96 bits per heavy atom. The molecule has 0 saturated carbocycles. The highest BCUT2D eigenvalue weighted by molar-refractivity contribution is 5.83. The molecule has 124 valence electrons. The lowest BCUT2D eigenvalue weighted by Crippen LogP contribution is -2.41. The zero-order chi connectivity index (χ0) is 16.4. The van der Waals surface area contributed by atoms with E-state index in [9.17, 15) is 9.59 Å². The van der Waals surface area contributed by atoms with Gasteiger partial charge in [-0.15, -0.1) is 0 Å². The smallest absolute Gasteiger partial charge is 0.332 e. The maximum Gasteiger partial charge on any atom is 0.332 e. The first kappa shape index (κ1) is 15.8. The van der Waals surface area contributed by atoms with Gasteiger partial charge in [-0.2, -0.15) is 0 Å². The van der Waals surface area contributed by atoms with Crippen molar-refractivity contribution in [3.8, 4) is 5.75 Å². The van der Waals surface area contributed by atoms with Crippen LogP contribution in [-0.4, -0.2) is 54.3 Å². The molecule has 2 heterocycles. The van der Waals surface area contributed by atoms with Crippen molar-refractivity contribution in [3.05, 3.63) is 29.3 Å². The molecule has 0 spiro atoms. The summed E-state index contributed by atoms with van der Waals surface area (Å²) >= 11 is 0. The van der Waals surface area contributed by atoms with Gasteiger partial charge in [-0.25, -0.2) is 4.79 Å². The summed E-state index contributed by atoms with van der Waals surface area (Å²) in [6.07, 6.45) is 0.899. The van der Waals surface area contributed by atoms with E-state index in [2.05, 4.69) is 6.07 Å². The Hall–Kier alpha value is -2.08. The fraction of sp³-hybridized carbons (Fsp3) is 0.529. The SMILES string of the molecule is COc1cccc2c1CCN(C(=O)[C@@H]1CC[C@H](C(=O)O)O1)CC2. The number of carboxylic acids is 1. The van der Waals surface area contributed by atoms with Crippen LogP contribution in [0.3, 0.4) is 0 Å². The van der Waals surface area contributed by atoms with E-state index in [1.807, 2.05) is 12.1 Å². The second-order valence-corrected chi connectivity index (χ2v) is 5.95. The molecule has 6 heteroatoms. The molecule has 1 fully saturated rings. The molecule has 3 rings (SSSR count). The first-order chi connectivity index (χ1) is 11.1. The Morgan fingerprint density at radius 1 is 1.22 bits per heavy atom. The summed E-state index contributed by atoms with van der Waals surface area (Å²) in [6.45, 7) is 1.22. The molecule has 1 aromatic carbocycles. The van der Waals surface area contributed by atoms with Crippen molar-refractivity contribution in [1.82, 2.24) is 4.90 Å². The number of aliphatic carboxylic acids is 1. The number of fused-ring (bicyclic) bond motifs is 1. The van der Waals surface area contributed by atoms with E-state index in [1.165, 1.54) is 5.56 Å². The van der Waals surface area contributed by atoms with Gasteiger partial charge in [-0.1, -0.05) is 12.1 Å². The number of carbonyl (C=O) groups excluding carboxylic acids is 1. The van der Waals surface area contributed by atoms with Crippen LogP contribution in [0.4, 0.5) is 0 Å². The summed E-state index contributed by atoms with van der Waals surface area (Å²) in [5.41, 5.74) is 2.36. The zero-order valence-electron chi connectivity index (χ0n) is 13.2. The number of hydrogen-bond donors (Lipinski definition) is 1. The summed E-state index contributed by atoms with van der Waals surface area (Å²) in [6, 6.07) is 5.97. The Labute approximate surface area is 135 Å². The first-order valence-corrected chi connectivity index (χ1v) is 7.92. The topological polar surface area (TPSA) is 76.1 Å². The molecule has 0 unspecified atom stereocenters. The van der Waals surface area contributed by atoms with Gasteiger partial charge < -0.3 is 19.5 Å². The van der Waals surface area contributed by atoms with Gasteiger partial charge in [0.2, 0.25) is 0 Å². The van der Waals surface area contributed by atoms with Crippen LogP contribution in [0.1, 0.15) is 24.0 Å². The lowest BCUT2D eigenvalue weighted by molar-refractivity contribution is -0.154. The van der Waals surface area contributed by atoms with Gasteiger partial charge in [0, 0.05) is 13.1 Å². The third-order valence-electron chi connectivity index (χ3n) is 4.61. The number of benzene rings is 1. The van der Waals surface area contributed by atoms with Crippen LogP contribution in [0.25, 0.3) is 0 Å². The van der Waals surface area contributed by atoms with E-state index in [-0.39, 0.29) is 5.91 Å². The second-order valence-electron chi connectivity index (χ2n) is 5.95. The molecule has 6 nitrogen and oxygen atoms in total. The van der Waals surface area contributed by atoms with Crippen LogP contribution in [0.2, 0.25) is 0 Å². The van der Waals surface area contributed by atoms with Crippen LogP contribution in [0.5, 0.6) is 5.75 Å².